The number of aromatic carboxylic acids is 1. The number of rotatable bonds is 6. The quantitative estimate of drug-likeness (QED) is 0.645. The summed E-state index contributed by atoms with van der Waals surface area (Å²) in [6.45, 7) is 0.408. The number of thioether (sulfide) groups is 1. The Morgan fingerprint density at radius 2 is 2.16 bits per heavy atom. The number of carboxylic acid groups (broad SMARTS) is 1. The number of hydrogen-bond donors (Lipinski definition) is 1. The molecule has 0 aliphatic carbocycles. The molecule has 5 nitrogen and oxygen atoms in total. The summed E-state index contributed by atoms with van der Waals surface area (Å²) in [4.78, 5) is 19.0. The zero-order valence-electron chi connectivity index (χ0n) is 10.0. The van der Waals surface area contributed by atoms with Crippen LogP contribution >= 0.6 is 11.8 Å². The molecule has 6 heteroatoms. The molecule has 0 saturated carbocycles. The Hall–Kier alpha value is -2.08. The van der Waals surface area contributed by atoms with Crippen LogP contribution in [0.4, 0.5) is 0 Å². The lowest BCUT2D eigenvalue weighted by molar-refractivity contribution is 0.0692. The van der Waals surface area contributed by atoms with Gasteiger partial charge in [0.15, 0.2) is 0 Å². The van der Waals surface area contributed by atoms with Crippen molar-refractivity contribution in [1.82, 2.24) is 9.97 Å². The first-order valence-electron chi connectivity index (χ1n) is 5.61. The maximum atomic E-state index is 11.0. The average Bonchev–Trinajstić information content (AvgIpc) is 2.45. The first kappa shape index (κ1) is 13.4. The van der Waals surface area contributed by atoms with Crippen LogP contribution in [-0.2, 0) is 0 Å². The van der Waals surface area contributed by atoms with Gasteiger partial charge in [0.1, 0.15) is 16.3 Å². The summed E-state index contributed by atoms with van der Waals surface area (Å²) in [5.41, 5.74) is 0.173. The van der Waals surface area contributed by atoms with Gasteiger partial charge >= 0.3 is 5.97 Å². The Labute approximate surface area is 114 Å². The van der Waals surface area contributed by atoms with Crippen molar-refractivity contribution in [3.63, 3.8) is 0 Å². The van der Waals surface area contributed by atoms with Gasteiger partial charge in [-0.05, 0) is 12.1 Å². The van der Waals surface area contributed by atoms with Gasteiger partial charge in [0.05, 0.1) is 12.8 Å². The molecule has 0 fully saturated rings. The Bertz CT molecular complexity index is 549. The van der Waals surface area contributed by atoms with Gasteiger partial charge in [-0.2, -0.15) is 0 Å². The van der Waals surface area contributed by atoms with E-state index >= 15 is 0 Å². The van der Waals surface area contributed by atoms with Crippen molar-refractivity contribution in [2.45, 2.75) is 5.03 Å². The topological polar surface area (TPSA) is 72.3 Å². The molecule has 1 aromatic heterocycles. The molecule has 98 valence electrons. The summed E-state index contributed by atoms with van der Waals surface area (Å²) in [6.07, 6.45) is 4.92. The second-order valence-corrected chi connectivity index (χ2v) is 4.66. The van der Waals surface area contributed by atoms with Gasteiger partial charge in [0.25, 0.3) is 0 Å². The molecule has 0 aliphatic heterocycles. The highest BCUT2D eigenvalue weighted by molar-refractivity contribution is 7.99. The van der Waals surface area contributed by atoms with Crippen molar-refractivity contribution < 1.29 is 14.6 Å². The molecule has 0 radical (unpaired) electrons. The van der Waals surface area contributed by atoms with Crippen LogP contribution in [-0.4, -0.2) is 33.4 Å². The van der Waals surface area contributed by atoms with Crippen LogP contribution in [0.5, 0.6) is 5.75 Å². The first-order valence-corrected chi connectivity index (χ1v) is 6.60. The van der Waals surface area contributed by atoms with Crippen LogP contribution in [0.15, 0.2) is 47.9 Å². The number of benzene rings is 1. The molecule has 0 saturated heterocycles. The van der Waals surface area contributed by atoms with E-state index in [-0.39, 0.29) is 5.56 Å². The van der Waals surface area contributed by atoms with Crippen molar-refractivity contribution in [1.29, 1.82) is 0 Å². The third kappa shape index (κ3) is 3.96. The Morgan fingerprint density at radius 1 is 1.32 bits per heavy atom. The fourth-order valence-corrected chi connectivity index (χ4v) is 2.07. The third-order valence-corrected chi connectivity index (χ3v) is 3.13. The largest absolute Gasteiger partial charge is 0.492 e. The minimum absolute atomic E-state index is 0.173. The van der Waals surface area contributed by atoms with E-state index in [0.29, 0.717) is 18.1 Å². The fourth-order valence-electron chi connectivity index (χ4n) is 1.43. The minimum atomic E-state index is -0.989. The zero-order chi connectivity index (χ0) is 13.5. The van der Waals surface area contributed by atoms with Gasteiger partial charge in [-0.25, -0.2) is 9.78 Å². The maximum absolute atomic E-state index is 11.0. The van der Waals surface area contributed by atoms with Crippen LogP contribution in [0, 0.1) is 0 Å². The Balaban J connectivity index is 1.85. The smallest absolute Gasteiger partial charge is 0.339 e. The predicted molar refractivity (Wildman–Crippen MR) is 71.7 cm³/mol. The highest BCUT2D eigenvalue weighted by Crippen LogP contribution is 2.19. The molecule has 0 spiro atoms. The number of carboxylic acids is 1. The molecular weight excluding hydrogens is 264 g/mol. The molecule has 0 unspecified atom stereocenters. The van der Waals surface area contributed by atoms with Gasteiger partial charge < -0.3 is 9.84 Å². The summed E-state index contributed by atoms with van der Waals surface area (Å²) in [5.74, 6) is 0.0686. The predicted octanol–water partition coefficient (Wildman–Crippen LogP) is 2.35. The molecular formula is C13H12N2O3S. The number of nitrogens with zero attached hydrogens (tertiary/aromatic N) is 2. The molecule has 0 bridgehead atoms. The van der Waals surface area contributed by atoms with Gasteiger partial charge in [-0.15, -0.1) is 11.8 Å². The number of hydrogen-bond acceptors (Lipinski definition) is 5. The highest BCUT2D eigenvalue weighted by atomic mass is 32.2. The van der Waals surface area contributed by atoms with Crippen molar-refractivity contribution >= 4 is 17.7 Å². The SMILES string of the molecule is O=C(O)c1ccccc1OCCSc1cnccn1. The lowest BCUT2D eigenvalue weighted by Crippen LogP contribution is -2.05. The van der Waals surface area contributed by atoms with E-state index in [1.807, 2.05) is 0 Å². The Morgan fingerprint density at radius 3 is 2.89 bits per heavy atom. The fraction of sp³-hybridized carbons (Fsp3) is 0.154. The van der Waals surface area contributed by atoms with Gasteiger partial charge in [-0.3, -0.25) is 4.98 Å². The number of para-hydroxylation sites is 1. The number of ether oxygens (including phenoxy) is 1. The monoisotopic (exact) mass is 276 g/mol. The summed E-state index contributed by atoms with van der Waals surface area (Å²) < 4.78 is 5.47. The van der Waals surface area contributed by atoms with Gasteiger partial charge in [0.2, 0.25) is 0 Å². The summed E-state index contributed by atoms with van der Waals surface area (Å²) in [5, 5.41) is 9.81. The van der Waals surface area contributed by atoms with Crippen LogP contribution < -0.4 is 4.74 Å². The molecule has 2 rings (SSSR count). The lowest BCUT2D eigenvalue weighted by atomic mass is 10.2. The van der Waals surface area contributed by atoms with Crippen molar-refractivity contribution in [3.05, 3.63) is 48.4 Å². The second kappa shape index (κ2) is 6.75. The van der Waals surface area contributed by atoms with Gasteiger partial charge in [-0.1, -0.05) is 12.1 Å². The summed E-state index contributed by atoms with van der Waals surface area (Å²) in [7, 11) is 0. The molecule has 19 heavy (non-hydrogen) atoms. The first-order chi connectivity index (χ1) is 9.27. The molecule has 1 heterocycles. The lowest BCUT2D eigenvalue weighted by Gasteiger charge is -2.08. The van der Waals surface area contributed by atoms with Crippen LogP contribution in [0.2, 0.25) is 0 Å². The second-order valence-electron chi connectivity index (χ2n) is 3.54. The average molecular weight is 276 g/mol. The zero-order valence-corrected chi connectivity index (χ0v) is 10.8. The van der Waals surface area contributed by atoms with E-state index in [2.05, 4.69) is 9.97 Å². The van der Waals surface area contributed by atoms with E-state index in [4.69, 9.17) is 9.84 Å². The minimum Gasteiger partial charge on any atom is -0.492 e. The molecule has 0 aliphatic rings. The summed E-state index contributed by atoms with van der Waals surface area (Å²) in [6, 6.07) is 6.59. The molecule has 1 N–H and O–H groups in total. The highest BCUT2D eigenvalue weighted by Gasteiger charge is 2.09. The van der Waals surface area contributed by atoms with Gasteiger partial charge in [0, 0.05) is 18.1 Å². The van der Waals surface area contributed by atoms with E-state index in [1.165, 1.54) is 17.8 Å². The van der Waals surface area contributed by atoms with E-state index in [0.717, 1.165) is 5.03 Å². The van der Waals surface area contributed by atoms with E-state index in [1.54, 1.807) is 36.8 Å². The van der Waals surface area contributed by atoms with Crippen LogP contribution in [0.25, 0.3) is 0 Å². The number of aromatic nitrogens is 2. The van der Waals surface area contributed by atoms with Crippen LogP contribution in [0.3, 0.4) is 0 Å². The van der Waals surface area contributed by atoms with Crippen molar-refractivity contribution in [2.75, 3.05) is 12.4 Å². The Kier molecular flexibility index (Phi) is 4.74. The summed E-state index contributed by atoms with van der Waals surface area (Å²) >= 11 is 1.51. The van der Waals surface area contributed by atoms with Crippen LogP contribution in [0.1, 0.15) is 10.4 Å². The molecule has 0 amide bonds. The molecule has 0 atom stereocenters. The molecule has 2 aromatic rings. The van der Waals surface area contributed by atoms with E-state index < -0.39 is 5.97 Å². The molecule has 1 aromatic carbocycles. The normalized spacial score (nSPS) is 10.1. The van der Waals surface area contributed by atoms with Crippen molar-refractivity contribution in [3.8, 4) is 5.75 Å². The number of carbonyl (C=O) groups is 1. The maximum Gasteiger partial charge on any atom is 0.339 e. The third-order valence-electron chi connectivity index (χ3n) is 2.25. The van der Waals surface area contributed by atoms with Crippen molar-refractivity contribution in [2.24, 2.45) is 0 Å². The van der Waals surface area contributed by atoms with E-state index in [9.17, 15) is 4.79 Å². The standard InChI is InChI=1S/C13H12N2O3S/c16-13(17)10-3-1-2-4-11(10)18-7-8-19-12-9-14-5-6-15-12/h1-6,9H,7-8H2,(H,16,17).